The molecule has 6 aromatic carbocycles. The number of nitrogens with one attached hydrogen (secondary N) is 8. The summed E-state index contributed by atoms with van der Waals surface area (Å²) >= 11 is 0. The second-order valence-corrected chi connectivity index (χ2v) is 26.5. The lowest BCUT2D eigenvalue weighted by atomic mass is 9.90. The molecule has 26 nitrogen and oxygen atoms in total. The SMILES string of the molecule is COC(=O)[C@H](C)NC(=O)[C@H](CNC(=O)[C@H](CCCCNC(=O)OCc1ccccc1)NC(=O)OC(C)(C)C)c1ccc(OCc2ccccc2)c(-c2cc([C@@H](CNC(=O)[C@H](CCCCNC(=O)OCc3ccccc3)NC(=O)OC(C)(C)C)C(=O)N[C@@H](C)C(=O)OC)ccc2OCc2ccccc2)c1. The van der Waals surface area contributed by atoms with Crippen LogP contribution in [0.2, 0.25) is 0 Å². The van der Waals surface area contributed by atoms with Crippen molar-refractivity contribution in [2.24, 2.45) is 0 Å². The molecule has 8 amide bonds. The third-order valence-electron chi connectivity index (χ3n) is 15.8. The van der Waals surface area contributed by atoms with E-state index >= 15 is 0 Å². The zero-order valence-corrected chi connectivity index (χ0v) is 60.7. The highest BCUT2D eigenvalue weighted by Crippen LogP contribution is 2.41. The van der Waals surface area contributed by atoms with Gasteiger partial charge in [0, 0.05) is 37.3 Å². The lowest BCUT2D eigenvalue weighted by Crippen LogP contribution is -2.50. The van der Waals surface area contributed by atoms with E-state index in [2.05, 4.69) is 42.5 Å². The van der Waals surface area contributed by atoms with Crippen LogP contribution in [-0.4, -0.2) is 136 Å². The van der Waals surface area contributed by atoms with Crippen LogP contribution >= 0.6 is 0 Å². The van der Waals surface area contributed by atoms with Crippen LogP contribution in [-0.2, 0) is 83.6 Å². The van der Waals surface area contributed by atoms with Crippen molar-refractivity contribution in [2.45, 2.75) is 168 Å². The maximum Gasteiger partial charge on any atom is 0.408 e. The minimum Gasteiger partial charge on any atom is -0.488 e. The minimum atomic E-state index is -1.31. The Labute approximate surface area is 607 Å². The Balaban J connectivity index is 1.40. The molecule has 0 heterocycles. The highest BCUT2D eigenvalue weighted by molar-refractivity contribution is 5.93. The predicted molar refractivity (Wildman–Crippen MR) is 387 cm³/mol. The Morgan fingerprint density at radius 2 is 0.702 bits per heavy atom. The summed E-state index contributed by atoms with van der Waals surface area (Å²) < 4.78 is 45.1. The second-order valence-electron chi connectivity index (χ2n) is 26.5. The monoisotopic (exact) mass is 1430 g/mol. The fourth-order valence-electron chi connectivity index (χ4n) is 10.5. The van der Waals surface area contributed by atoms with Gasteiger partial charge in [0.1, 0.15) is 73.3 Å². The smallest absolute Gasteiger partial charge is 0.408 e. The summed E-state index contributed by atoms with van der Waals surface area (Å²) in [6.07, 6.45) is -1.56. The molecule has 0 saturated heterocycles. The van der Waals surface area contributed by atoms with Crippen LogP contribution in [0.1, 0.15) is 139 Å². The van der Waals surface area contributed by atoms with Gasteiger partial charge in [-0.15, -0.1) is 0 Å². The molecule has 26 heteroatoms. The third-order valence-corrected chi connectivity index (χ3v) is 15.8. The molecule has 0 bridgehead atoms. The van der Waals surface area contributed by atoms with Crippen LogP contribution in [0.3, 0.4) is 0 Å². The molecule has 0 spiro atoms. The fraction of sp³-hybridized carbons (Fsp3) is 0.410. The highest BCUT2D eigenvalue weighted by Gasteiger charge is 2.33. The molecular formula is C78H98N8O18. The molecule has 0 saturated carbocycles. The van der Waals surface area contributed by atoms with Crippen LogP contribution in [0.25, 0.3) is 11.1 Å². The zero-order chi connectivity index (χ0) is 75.6. The topological polar surface area (TPSA) is 341 Å². The van der Waals surface area contributed by atoms with E-state index in [0.717, 1.165) is 22.3 Å². The van der Waals surface area contributed by atoms with Crippen LogP contribution in [0.4, 0.5) is 19.2 Å². The normalized spacial score (nSPS) is 12.8. The number of alkyl carbamates (subject to hydrolysis) is 4. The van der Waals surface area contributed by atoms with Gasteiger partial charge in [0.2, 0.25) is 23.6 Å². The van der Waals surface area contributed by atoms with E-state index in [1.165, 1.54) is 28.1 Å². The van der Waals surface area contributed by atoms with Gasteiger partial charge < -0.3 is 80.4 Å². The molecule has 0 aromatic heterocycles. The third kappa shape index (κ3) is 29.0. The van der Waals surface area contributed by atoms with Crippen molar-refractivity contribution in [1.82, 2.24) is 42.5 Å². The Morgan fingerprint density at radius 3 is 1.02 bits per heavy atom. The molecule has 558 valence electrons. The number of rotatable bonds is 37. The Kier molecular flexibility index (Phi) is 32.8. The molecule has 0 aliphatic carbocycles. The molecule has 0 fully saturated rings. The van der Waals surface area contributed by atoms with Gasteiger partial charge in [-0.25, -0.2) is 28.8 Å². The molecule has 8 N–H and O–H groups in total. The lowest BCUT2D eigenvalue weighted by molar-refractivity contribution is -0.145. The summed E-state index contributed by atoms with van der Waals surface area (Å²) in [6, 6.07) is 41.8. The molecule has 104 heavy (non-hydrogen) atoms. The maximum atomic E-state index is 14.9. The maximum absolute atomic E-state index is 14.9. The summed E-state index contributed by atoms with van der Waals surface area (Å²) in [7, 11) is 2.34. The Bertz CT molecular complexity index is 3530. The van der Waals surface area contributed by atoms with E-state index in [1.54, 1.807) is 77.9 Å². The average Bonchev–Trinajstić information content (AvgIpc) is 0.781. The number of esters is 2. The first-order valence-electron chi connectivity index (χ1n) is 34.5. The standard InChI is InChI=1S/C78H98N8O18/c1-51(71(91)97-9)83-67(87)61(45-81-69(89)63(85-75(95)103-77(3,4)5)35-23-25-41-79-73(93)101-49-55-31-19-13-20-32-55)57-37-39-65(99-47-53-27-15-11-16-28-53)59(43-57)60-44-58(38-40-66(60)100-48-54-29-17-12-18-30-54)62(68(88)84-52(2)72(92)98-10)46-82-70(90)64(86-76(96)104-78(6,7)8)36-24-26-42-80-74(94)102-50-56-33-21-14-22-34-56/h11-22,27-34,37-40,43-44,51-52,61-64H,23-26,35-36,41-42,45-50H2,1-10H3,(H,79,93)(H,80,94)(H,81,89)(H,82,90)(H,83,87)(H,84,88)(H,85,95)(H,86,96)/t51-,52-,61+,62+,63-,64-/m0/s1. The van der Waals surface area contributed by atoms with E-state index in [9.17, 15) is 47.9 Å². The number of hydrogen-bond acceptors (Lipinski definition) is 18. The van der Waals surface area contributed by atoms with E-state index in [0.29, 0.717) is 36.8 Å². The van der Waals surface area contributed by atoms with Gasteiger partial charge in [0.25, 0.3) is 0 Å². The first kappa shape index (κ1) is 81.8. The summed E-state index contributed by atoms with van der Waals surface area (Å²) in [5.41, 5.74) is 2.39. The van der Waals surface area contributed by atoms with Crippen molar-refractivity contribution >= 4 is 59.9 Å². The highest BCUT2D eigenvalue weighted by atomic mass is 16.6. The molecule has 0 aliphatic heterocycles. The number of methoxy groups -OCH3 is 2. The summed E-state index contributed by atoms with van der Waals surface area (Å²) in [4.78, 5) is 137. The number of benzene rings is 6. The van der Waals surface area contributed by atoms with Gasteiger partial charge in [-0.3, -0.25) is 19.2 Å². The Hall–Kier alpha value is -11.2. The second kappa shape index (κ2) is 41.7. The fourth-order valence-corrected chi connectivity index (χ4v) is 10.5. The first-order chi connectivity index (χ1) is 49.7. The quantitative estimate of drug-likeness (QED) is 0.0102. The van der Waals surface area contributed by atoms with Crippen LogP contribution in [0.15, 0.2) is 158 Å². The van der Waals surface area contributed by atoms with E-state index < -0.39 is 120 Å². The predicted octanol–water partition coefficient (Wildman–Crippen LogP) is 10.2. The molecule has 0 aliphatic rings. The largest absolute Gasteiger partial charge is 0.488 e. The summed E-state index contributed by atoms with van der Waals surface area (Å²) in [6.45, 7) is 12.5. The number of carbonyl (C=O) groups excluding carboxylic acids is 10. The van der Waals surface area contributed by atoms with Gasteiger partial charge in [0.15, 0.2) is 0 Å². The van der Waals surface area contributed by atoms with E-state index in [1.807, 2.05) is 121 Å². The number of amides is 8. The van der Waals surface area contributed by atoms with Gasteiger partial charge in [0.05, 0.1) is 26.1 Å². The molecular weight excluding hydrogens is 1340 g/mol. The molecule has 0 unspecified atom stereocenters. The molecule has 6 atom stereocenters. The summed E-state index contributed by atoms with van der Waals surface area (Å²) in [5.74, 6) is -6.53. The van der Waals surface area contributed by atoms with Gasteiger partial charge >= 0.3 is 36.3 Å². The van der Waals surface area contributed by atoms with Crippen molar-refractivity contribution in [3.63, 3.8) is 0 Å². The van der Waals surface area contributed by atoms with Crippen LogP contribution < -0.4 is 52.0 Å². The van der Waals surface area contributed by atoms with Crippen molar-refractivity contribution in [1.29, 1.82) is 0 Å². The molecule has 6 aromatic rings. The Morgan fingerprint density at radius 1 is 0.375 bits per heavy atom. The van der Waals surface area contributed by atoms with Crippen LogP contribution in [0, 0.1) is 0 Å². The number of hydrogen-bond donors (Lipinski definition) is 8. The van der Waals surface area contributed by atoms with Crippen LogP contribution in [0.5, 0.6) is 11.5 Å². The molecule has 0 radical (unpaired) electrons. The average molecular weight is 1440 g/mol. The number of ether oxygens (including phenoxy) is 8. The summed E-state index contributed by atoms with van der Waals surface area (Å²) in [5, 5.41) is 21.9. The molecule has 6 rings (SSSR count). The van der Waals surface area contributed by atoms with Crippen molar-refractivity contribution in [2.75, 3.05) is 40.4 Å². The van der Waals surface area contributed by atoms with Gasteiger partial charge in [-0.2, -0.15) is 0 Å². The lowest BCUT2D eigenvalue weighted by Gasteiger charge is -2.26. The number of carbonyl (C=O) groups is 10. The van der Waals surface area contributed by atoms with Crippen molar-refractivity contribution in [3.8, 4) is 22.6 Å². The van der Waals surface area contributed by atoms with Crippen molar-refractivity contribution < 1.29 is 85.8 Å². The number of unbranched alkanes of at least 4 members (excludes halogenated alkanes) is 2. The van der Waals surface area contributed by atoms with E-state index in [4.69, 9.17) is 37.9 Å². The van der Waals surface area contributed by atoms with Gasteiger partial charge in [-0.05, 0) is 152 Å². The van der Waals surface area contributed by atoms with Crippen molar-refractivity contribution in [3.05, 3.63) is 191 Å². The first-order valence-corrected chi connectivity index (χ1v) is 34.5. The van der Waals surface area contributed by atoms with E-state index in [-0.39, 0.29) is 75.0 Å². The van der Waals surface area contributed by atoms with Gasteiger partial charge in [-0.1, -0.05) is 133 Å². The minimum absolute atomic E-state index is 0.0307. The zero-order valence-electron chi connectivity index (χ0n) is 60.7.